The number of nitrogens with zero attached hydrogens (tertiary/aromatic N) is 2. The van der Waals surface area contributed by atoms with Crippen molar-refractivity contribution < 1.29 is 0 Å². The molecule has 0 spiro atoms. The summed E-state index contributed by atoms with van der Waals surface area (Å²) in [6.07, 6.45) is 2.88. The topological polar surface area (TPSA) is 25.8 Å². The summed E-state index contributed by atoms with van der Waals surface area (Å²) in [4.78, 5) is 7.20. The molecule has 0 fully saturated rings. The monoisotopic (exact) mass is 178 g/mol. The van der Waals surface area contributed by atoms with Gasteiger partial charge in [-0.25, -0.2) is 9.97 Å². The molecule has 2 nitrogen and oxygen atoms in total. The van der Waals surface area contributed by atoms with Crippen molar-refractivity contribution in [3.8, 4) is 0 Å². The second kappa shape index (κ2) is 5.45. The summed E-state index contributed by atoms with van der Waals surface area (Å²) in [7, 11) is 0. The van der Waals surface area contributed by atoms with Crippen LogP contribution in [0.15, 0.2) is 12.4 Å². The lowest BCUT2D eigenvalue weighted by Crippen LogP contribution is -1.76. The highest BCUT2D eigenvalue weighted by atomic mass is 35.5. The van der Waals surface area contributed by atoms with Crippen LogP contribution < -0.4 is 0 Å². The number of hydrogen-bond acceptors (Lipinski definition) is 2. The van der Waals surface area contributed by atoms with Crippen LogP contribution in [0.25, 0.3) is 0 Å². The van der Waals surface area contributed by atoms with Gasteiger partial charge in [0.15, 0.2) is 0 Å². The molecule has 0 aliphatic carbocycles. The third-order valence-corrected chi connectivity index (χ3v) is 0.979. The predicted octanol–water partition coefficient (Wildman–Crippen LogP) is 2.81. The molecule has 10 heavy (non-hydrogen) atoms. The van der Waals surface area contributed by atoms with Crippen LogP contribution in [-0.2, 0) is 0 Å². The van der Waals surface area contributed by atoms with Gasteiger partial charge in [0.2, 0.25) is 5.28 Å². The van der Waals surface area contributed by atoms with E-state index < -0.39 is 0 Å². The zero-order chi connectivity index (χ0) is 7.98. The molecule has 0 radical (unpaired) electrons. The van der Waals surface area contributed by atoms with Gasteiger partial charge in [-0.1, -0.05) is 25.4 Å². The zero-order valence-corrected chi connectivity index (χ0v) is 7.32. The van der Waals surface area contributed by atoms with E-state index in [2.05, 4.69) is 9.97 Å². The molecule has 0 atom stereocenters. The van der Waals surface area contributed by atoms with Crippen molar-refractivity contribution in [1.29, 1.82) is 0 Å². The van der Waals surface area contributed by atoms with E-state index in [1.54, 1.807) is 0 Å². The fourth-order valence-corrected chi connectivity index (χ4v) is 0.492. The molecule has 0 aromatic carbocycles. The van der Waals surface area contributed by atoms with E-state index in [4.69, 9.17) is 23.2 Å². The van der Waals surface area contributed by atoms with Crippen molar-refractivity contribution in [3.63, 3.8) is 0 Å². The van der Waals surface area contributed by atoms with Gasteiger partial charge in [0, 0.05) is 0 Å². The number of aromatic nitrogens is 2. The second-order valence-electron chi connectivity index (χ2n) is 1.17. The molecular formula is C6H8Cl2N2. The van der Waals surface area contributed by atoms with E-state index >= 15 is 0 Å². The molecule has 1 aromatic heterocycles. The average Bonchev–Trinajstić information content (AvgIpc) is 2.00. The van der Waals surface area contributed by atoms with Gasteiger partial charge in [-0.2, -0.15) is 0 Å². The van der Waals surface area contributed by atoms with E-state index in [0.29, 0.717) is 5.02 Å². The molecule has 0 saturated heterocycles. The van der Waals surface area contributed by atoms with Crippen molar-refractivity contribution in [2.75, 3.05) is 0 Å². The minimum Gasteiger partial charge on any atom is -0.225 e. The van der Waals surface area contributed by atoms with Gasteiger partial charge in [0.1, 0.15) is 0 Å². The van der Waals surface area contributed by atoms with Crippen LogP contribution in [0, 0.1) is 0 Å². The molecule has 0 bridgehead atoms. The number of rotatable bonds is 0. The Morgan fingerprint density at radius 2 is 1.50 bits per heavy atom. The van der Waals surface area contributed by atoms with E-state index in [9.17, 15) is 0 Å². The van der Waals surface area contributed by atoms with Gasteiger partial charge in [-0.15, -0.1) is 0 Å². The van der Waals surface area contributed by atoms with Gasteiger partial charge >= 0.3 is 0 Å². The molecule has 0 aliphatic heterocycles. The first kappa shape index (κ1) is 9.66. The van der Waals surface area contributed by atoms with Crippen molar-refractivity contribution in [2.24, 2.45) is 0 Å². The molecular weight excluding hydrogens is 171 g/mol. The molecule has 1 heterocycles. The molecule has 0 unspecified atom stereocenters. The Morgan fingerprint density at radius 1 is 1.10 bits per heavy atom. The largest absolute Gasteiger partial charge is 0.225 e. The first-order valence-corrected chi connectivity index (χ1v) is 3.67. The van der Waals surface area contributed by atoms with E-state index in [0.717, 1.165) is 0 Å². The van der Waals surface area contributed by atoms with Gasteiger partial charge in [0.25, 0.3) is 0 Å². The van der Waals surface area contributed by atoms with Crippen molar-refractivity contribution in [1.82, 2.24) is 9.97 Å². The highest BCUT2D eigenvalue weighted by Gasteiger charge is 1.86. The van der Waals surface area contributed by atoms with Gasteiger partial charge in [-0.05, 0) is 11.6 Å². The van der Waals surface area contributed by atoms with Gasteiger partial charge in [0.05, 0.1) is 17.4 Å². The van der Waals surface area contributed by atoms with Crippen LogP contribution in [0.1, 0.15) is 13.8 Å². The third-order valence-electron chi connectivity index (χ3n) is 0.589. The first-order valence-electron chi connectivity index (χ1n) is 2.92. The van der Waals surface area contributed by atoms with E-state index in [-0.39, 0.29) is 5.28 Å². The SMILES string of the molecule is CC.Clc1cnc(Cl)nc1. The fourth-order valence-electron chi connectivity index (χ4n) is 0.297. The maximum absolute atomic E-state index is 5.43. The quantitative estimate of drug-likeness (QED) is 0.572. The summed E-state index contributed by atoms with van der Waals surface area (Å²) in [6, 6.07) is 0. The maximum atomic E-state index is 5.43. The Hall–Kier alpha value is -0.340. The molecule has 0 aliphatic rings. The molecule has 56 valence electrons. The highest BCUT2D eigenvalue weighted by molar-refractivity contribution is 6.31. The van der Waals surface area contributed by atoms with Crippen molar-refractivity contribution in [3.05, 3.63) is 22.7 Å². The van der Waals surface area contributed by atoms with Crippen LogP contribution in [0.2, 0.25) is 10.3 Å². The predicted molar refractivity (Wildman–Crippen MR) is 43.4 cm³/mol. The molecule has 0 saturated carbocycles. The Morgan fingerprint density at radius 3 is 1.80 bits per heavy atom. The normalized spacial score (nSPS) is 8.00. The number of halogens is 2. The molecule has 0 amide bonds. The summed E-state index contributed by atoms with van der Waals surface area (Å²) in [5.41, 5.74) is 0. The third kappa shape index (κ3) is 3.64. The lowest BCUT2D eigenvalue weighted by Gasteiger charge is -1.84. The smallest absolute Gasteiger partial charge is 0.222 e. The Kier molecular flexibility index (Phi) is 5.26. The van der Waals surface area contributed by atoms with E-state index in [1.807, 2.05) is 13.8 Å². The average molecular weight is 179 g/mol. The summed E-state index contributed by atoms with van der Waals surface area (Å²) < 4.78 is 0. The summed E-state index contributed by atoms with van der Waals surface area (Å²) in [6.45, 7) is 4.00. The van der Waals surface area contributed by atoms with Crippen LogP contribution in [0.5, 0.6) is 0 Å². The summed E-state index contributed by atoms with van der Waals surface area (Å²) >= 11 is 10.8. The van der Waals surface area contributed by atoms with Crippen LogP contribution in [0.4, 0.5) is 0 Å². The van der Waals surface area contributed by atoms with Crippen LogP contribution >= 0.6 is 23.2 Å². The Labute approximate surface area is 70.2 Å². The molecule has 1 aromatic rings. The lowest BCUT2D eigenvalue weighted by atomic mass is 10.7. The Balaban J connectivity index is 0.000000371. The second-order valence-corrected chi connectivity index (χ2v) is 1.94. The molecule has 4 heteroatoms. The van der Waals surface area contributed by atoms with E-state index in [1.165, 1.54) is 12.4 Å². The molecule has 0 N–H and O–H groups in total. The lowest BCUT2D eigenvalue weighted by molar-refractivity contribution is 1.17. The molecule has 1 rings (SSSR count). The highest BCUT2D eigenvalue weighted by Crippen LogP contribution is 2.04. The minimum absolute atomic E-state index is 0.217. The van der Waals surface area contributed by atoms with Gasteiger partial charge in [-0.3, -0.25) is 0 Å². The van der Waals surface area contributed by atoms with Crippen LogP contribution in [-0.4, -0.2) is 9.97 Å². The first-order chi connectivity index (χ1) is 4.79. The maximum Gasteiger partial charge on any atom is 0.222 e. The van der Waals surface area contributed by atoms with Crippen LogP contribution in [0.3, 0.4) is 0 Å². The Bertz CT molecular complexity index is 153. The standard InChI is InChI=1S/C4H2Cl2N2.C2H6/c5-3-1-7-4(6)8-2-3;1-2/h1-2H;1-2H3. The zero-order valence-electron chi connectivity index (χ0n) is 5.81. The minimum atomic E-state index is 0.217. The summed E-state index contributed by atoms with van der Waals surface area (Å²) in [5, 5.41) is 0.712. The van der Waals surface area contributed by atoms with Crippen molar-refractivity contribution in [2.45, 2.75) is 13.8 Å². The van der Waals surface area contributed by atoms with Gasteiger partial charge < -0.3 is 0 Å². The number of hydrogen-bond donors (Lipinski definition) is 0. The fraction of sp³-hybridized carbons (Fsp3) is 0.333. The van der Waals surface area contributed by atoms with Crippen molar-refractivity contribution >= 4 is 23.2 Å². The summed E-state index contributed by atoms with van der Waals surface area (Å²) in [5.74, 6) is 0.